The van der Waals surface area contributed by atoms with Crippen LogP contribution in [0.1, 0.15) is 4.88 Å². The lowest BCUT2D eigenvalue weighted by atomic mass is 10.4. The normalized spacial score (nSPS) is 10.4. The van der Waals surface area contributed by atoms with Crippen LogP contribution in [0.4, 0.5) is 0 Å². The summed E-state index contributed by atoms with van der Waals surface area (Å²) < 4.78 is 2.39. The average Bonchev–Trinajstić information content (AvgIpc) is 2.37. The molecule has 1 aromatic heterocycles. The summed E-state index contributed by atoms with van der Waals surface area (Å²) in [5, 5.41) is 5.45. The van der Waals surface area contributed by atoms with E-state index in [4.69, 9.17) is 0 Å². The summed E-state index contributed by atoms with van der Waals surface area (Å²) >= 11 is 7.64. The van der Waals surface area contributed by atoms with Crippen LogP contribution < -0.4 is 5.32 Å². The fraction of sp³-hybridized carbons (Fsp3) is 0.429. The van der Waals surface area contributed by atoms with E-state index in [2.05, 4.69) is 55.3 Å². The van der Waals surface area contributed by atoms with E-state index >= 15 is 0 Å². The second kappa shape index (κ2) is 5.50. The minimum Gasteiger partial charge on any atom is -0.311 e. The molecule has 0 unspecified atom stereocenters. The summed E-state index contributed by atoms with van der Waals surface area (Å²) in [4.78, 5) is 1.38. The summed E-state index contributed by atoms with van der Waals surface area (Å²) in [5.74, 6) is 0. The molecule has 0 radical (unpaired) electrons. The number of rotatable bonds is 4. The highest BCUT2D eigenvalue weighted by Gasteiger charge is 1.98. The molecule has 0 fully saturated rings. The first kappa shape index (κ1) is 9.95. The number of thiophene rings is 1. The van der Waals surface area contributed by atoms with Crippen molar-refractivity contribution in [1.82, 2.24) is 5.32 Å². The zero-order valence-corrected chi connectivity index (χ0v) is 10.5. The summed E-state index contributed by atoms with van der Waals surface area (Å²) in [7, 11) is 0. The molecule has 0 atom stereocenters. The standard InChI is InChI=1S/C7H9BrINS/c8-6-1-4-11-7(6)5-10-3-2-9/h1,4,10H,2-3,5H2. The molecule has 0 amide bonds. The number of hydrogen-bond acceptors (Lipinski definition) is 2. The zero-order chi connectivity index (χ0) is 8.10. The van der Waals surface area contributed by atoms with E-state index in [-0.39, 0.29) is 0 Å². The van der Waals surface area contributed by atoms with Crippen LogP contribution in [0.15, 0.2) is 15.9 Å². The molecule has 1 aromatic rings. The van der Waals surface area contributed by atoms with Crippen LogP contribution in [0.25, 0.3) is 0 Å². The van der Waals surface area contributed by atoms with Gasteiger partial charge in [-0.05, 0) is 27.4 Å². The monoisotopic (exact) mass is 345 g/mol. The number of alkyl halides is 1. The largest absolute Gasteiger partial charge is 0.311 e. The first-order valence-electron chi connectivity index (χ1n) is 3.33. The van der Waals surface area contributed by atoms with Gasteiger partial charge in [-0.2, -0.15) is 0 Å². The van der Waals surface area contributed by atoms with Crippen molar-refractivity contribution in [3.05, 3.63) is 20.8 Å². The third kappa shape index (κ3) is 3.40. The predicted molar refractivity (Wildman–Crippen MR) is 62.6 cm³/mol. The Morgan fingerprint density at radius 1 is 1.64 bits per heavy atom. The Hall–Kier alpha value is 0.870. The number of hydrogen-bond donors (Lipinski definition) is 1. The van der Waals surface area contributed by atoms with Gasteiger partial charge in [0, 0.05) is 26.9 Å². The van der Waals surface area contributed by atoms with Crippen molar-refractivity contribution in [2.24, 2.45) is 0 Å². The molecule has 1 heterocycles. The number of halogens is 2. The topological polar surface area (TPSA) is 12.0 Å². The lowest BCUT2D eigenvalue weighted by molar-refractivity contribution is 0.744. The molecule has 0 saturated heterocycles. The Labute approximate surface area is 92.8 Å². The Morgan fingerprint density at radius 2 is 2.45 bits per heavy atom. The molecule has 0 aromatic carbocycles. The third-order valence-electron chi connectivity index (χ3n) is 1.25. The lowest BCUT2D eigenvalue weighted by Crippen LogP contribution is -2.14. The molecule has 4 heteroatoms. The molecule has 0 spiro atoms. The van der Waals surface area contributed by atoms with Gasteiger partial charge in [0.1, 0.15) is 0 Å². The fourth-order valence-electron chi connectivity index (χ4n) is 0.720. The van der Waals surface area contributed by atoms with Crippen LogP contribution >= 0.6 is 49.9 Å². The first-order valence-corrected chi connectivity index (χ1v) is 6.53. The van der Waals surface area contributed by atoms with Gasteiger partial charge in [-0.1, -0.05) is 22.6 Å². The van der Waals surface area contributed by atoms with Gasteiger partial charge in [-0.15, -0.1) is 11.3 Å². The van der Waals surface area contributed by atoms with Crippen molar-refractivity contribution in [2.75, 3.05) is 11.0 Å². The van der Waals surface area contributed by atoms with E-state index < -0.39 is 0 Å². The molecule has 0 bridgehead atoms. The number of nitrogens with one attached hydrogen (secondary N) is 1. The van der Waals surface area contributed by atoms with Crippen LogP contribution in [0, 0.1) is 0 Å². The summed E-state index contributed by atoms with van der Waals surface area (Å²) in [6.45, 7) is 2.08. The van der Waals surface area contributed by atoms with Gasteiger partial charge in [0.15, 0.2) is 0 Å². The van der Waals surface area contributed by atoms with Crippen molar-refractivity contribution < 1.29 is 0 Å². The molecule has 62 valence electrons. The molecule has 0 aliphatic carbocycles. The lowest BCUT2D eigenvalue weighted by Gasteiger charge is -1.99. The Morgan fingerprint density at radius 3 is 3.00 bits per heavy atom. The quantitative estimate of drug-likeness (QED) is 0.502. The molecule has 1 rings (SSSR count). The van der Waals surface area contributed by atoms with Gasteiger partial charge in [-0.25, -0.2) is 0 Å². The SMILES string of the molecule is Brc1ccsc1CNCCI. The van der Waals surface area contributed by atoms with E-state index in [1.807, 2.05) is 0 Å². The molecular formula is C7H9BrINS. The van der Waals surface area contributed by atoms with Crippen molar-refractivity contribution in [1.29, 1.82) is 0 Å². The summed E-state index contributed by atoms with van der Waals surface area (Å²) in [5.41, 5.74) is 0. The minimum absolute atomic E-state index is 0.987. The second-order valence-electron chi connectivity index (χ2n) is 2.06. The summed E-state index contributed by atoms with van der Waals surface area (Å²) in [6.07, 6.45) is 0. The van der Waals surface area contributed by atoms with Crippen LogP contribution in [0.2, 0.25) is 0 Å². The third-order valence-corrected chi connectivity index (χ3v) is 3.71. The molecule has 0 aliphatic heterocycles. The summed E-state index contributed by atoms with van der Waals surface area (Å²) in [6, 6.07) is 2.09. The molecular weight excluding hydrogens is 337 g/mol. The van der Waals surface area contributed by atoms with Crippen molar-refractivity contribution in [3.63, 3.8) is 0 Å². The maximum atomic E-state index is 3.49. The predicted octanol–water partition coefficient (Wildman–Crippen LogP) is 3.04. The van der Waals surface area contributed by atoms with Gasteiger partial charge in [0.25, 0.3) is 0 Å². The van der Waals surface area contributed by atoms with E-state index in [0.29, 0.717) is 0 Å². The van der Waals surface area contributed by atoms with E-state index in [9.17, 15) is 0 Å². The van der Waals surface area contributed by atoms with Crippen molar-refractivity contribution in [2.45, 2.75) is 6.54 Å². The van der Waals surface area contributed by atoms with Gasteiger partial charge in [0.05, 0.1) is 0 Å². The maximum absolute atomic E-state index is 3.49. The minimum atomic E-state index is 0.987. The molecule has 11 heavy (non-hydrogen) atoms. The van der Waals surface area contributed by atoms with Crippen molar-refractivity contribution >= 4 is 49.9 Å². The molecule has 0 saturated carbocycles. The van der Waals surface area contributed by atoms with Crippen molar-refractivity contribution in [3.8, 4) is 0 Å². The maximum Gasteiger partial charge on any atom is 0.0327 e. The molecule has 0 aliphatic rings. The van der Waals surface area contributed by atoms with Gasteiger partial charge >= 0.3 is 0 Å². The second-order valence-corrected chi connectivity index (χ2v) is 4.99. The van der Waals surface area contributed by atoms with Crippen LogP contribution in [0.3, 0.4) is 0 Å². The molecule has 1 nitrogen and oxygen atoms in total. The van der Waals surface area contributed by atoms with E-state index in [1.165, 1.54) is 13.8 Å². The first-order chi connectivity index (χ1) is 5.34. The smallest absolute Gasteiger partial charge is 0.0327 e. The van der Waals surface area contributed by atoms with Crippen LogP contribution in [-0.2, 0) is 6.54 Å². The Balaban J connectivity index is 2.32. The van der Waals surface area contributed by atoms with E-state index in [0.717, 1.165) is 13.1 Å². The highest BCUT2D eigenvalue weighted by Crippen LogP contribution is 2.21. The Bertz CT molecular complexity index is 214. The van der Waals surface area contributed by atoms with Crippen LogP contribution in [0.5, 0.6) is 0 Å². The fourth-order valence-corrected chi connectivity index (χ4v) is 2.56. The van der Waals surface area contributed by atoms with Gasteiger partial charge in [0.2, 0.25) is 0 Å². The zero-order valence-electron chi connectivity index (χ0n) is 5.94. The average molecular weight is 346 g/mol. The highest BCUT2D eigenvalue weighted by molar-refractivity contribution is 14.1. The van der Waals surface area contributed by atoms with Gasteiger partial charge < -0.3 is 5.32 Å². The Kier molecular flexibility index (Phi) is 4.98. The molecule has 1 N–H and O–H groups in total. The van der Waals surface area contributed by atoms with Gasteiger partial charge in [-0.3, -0.25) is 0 Å². The van der Waals surface area contributed by atoms with E-state index in [1.54, 1.807) is 11.3 Å². The highest BCUT2D eigenvalue weighted by atomic mass is 127. The van der Waals surface area contributed by atoms with Crippen LogP contribution in [-0.4, -0.2) is 11.0 Å².